The molecule has 1 heterocycles. The minimum atomic E-state index is -0.333. The number of ether oxygens (including phenoxy) is 1. The normalized spacial score (nSPS) is 31.6. The lowest BCUT2D eigenvalue weighted by Crippen LogP contribution is -2.30. The van der Waals surface area contributed by atoms with Gasteiger partial charge in [0.25, 0.3) is 0 Å². The first-order valence-corrected chi connectivity index (χ1v) is 5.69. The molecule has 0 radical (unpaired) electrons. The highest BCUT2D eigenvalue weighted by molar-refractivity contribution is 6.09. The van der Waals surface area contributed by atoms with E-state index in [0.29, 0.717) is 0 Å². The van der Waals surface area contributed by atoms with E-state index >= 15 is 0 Å². The van der Waals surface area contributed by atoms with Gasteiger partial charge in [-0.05, 0) is 37.0 Å². The summed E-state index contributed by atoms with van der Waals surface area (Å²) in [6.07, 6.45) is 2.57. The van der Waals surface area contributed by atoms with E-state index < -0.39 is 0 Å². The van der Waals surface area contributed by atoms with Crippen LogP contribution in [0.25, 0.3) is 0 Å². The van der Waals surface area contributed by atoms with E-state index in [1.165, 1.54) is 0 Å². The van der Waals surface area contributed by atoms with Crippen LogP contribution < -0.4 is 4.74 Å². The monoisotopic (exact) mass is 217 g/mol. The Morgan fingerprint density at radius 3 is 3.19 bits per heavy atom. The molecule has 1 saturated carbocycles. The molecule has 0 saturated heterocycles. The molecule has 1 N–H and O–H groups in total. The Morgan fingerprint density at radius 1 is 1.50 bits per heavy atom. The van der Waals surface area contributed by atoms with Gasteiger partial charge in [-0.3, -0.25) is 4.99 Å². The van der Waals surface area contributed by atoms with Crippen LogP contribution in [0.15, 0.2) is 29.3 Å². The van der Waals surface area contributed by atoms with Crippen molar-refractivity contribution in [1.82, 2.24) is 0 Å². The largest absolute Gasteiger partial charge is 0.497 e. The second-order valence-electron chi connectivity index (χ2n) is 4.50. The van der Waals surface area contributed by atoms with Crippen molar-refractivity contribution < 1.29 is 9.84 Å². The molecule has 1 aromatic rings. The summed E-state index contributed by atoms with van der Waals surface area (Å²) in [5.41, 5.74) is 1.93. The van der Waals surface area contributed by atoms with Crippen LogP contribution in [-0.4, -0.2) is 24.0 Å². The second kappa shape index (κ2) is 3.32. The fourth-order valence-electron chi connectivity index (χ4n) is 2.64. The maximum Gasteiger partial charge on any atom is 0.126 e. The predicted molar refractivity (Wildman–Crippen MR) is 62.0 cm³/mol. The molecule has 84 valence electrons. The summed E-state index contributed by atoms with van der Waals surface area (Å²) in [7, 11) is 1.67. The zero-order valence-electron chi connectivity index (χ0n) is 9.31. The van der Waals surface area contributed by atoms with Crippen molar-refractivity contribution in [2.24, 2.45) is 4.99 Å². The van der Waals surface area contributed by atoms with Gasteiger partial charge in [-0.15, -0.1) is 0 Å². The van der Waals surface area contributed by atoms with E-state index in [2.05, 4.69) is 11.1 Å². The van der Waals surface area contributed by atoms with E-state index in [-0.39, 0.29) is 11.6 Å². The molecule has 2 unspecified atom stereocenters. The van der Waals surface area contributed by atoms with Crippen LogP contribution in [0.4, 0.5) is 0 Å². The molecule has 2 atom stereocenters. The van der Waals surface area contributed by atoms with Gasteiger partial charge in [0, 0.05) is 0 Å². The van der Waals surface area contributed by atoms with Crippen LogP contribution in [-0.2, 0) is 5.54 Å². The molecular weight excluding hydrogens is 202 g/mol. The van der Waals surface area contributed by atoms with E-state index in [4.69, 9.17) is 4.74 Å². The molecule has 0 spiro atoms. The van der Waals surface area contributed by atoms with Gasteiger partial charge < -0.3 is 9.84 Å². The number of nitrogens with zero attached hydrogens (tertiary/aromatic N) is 1. The van der Waals surface area contributed by atoms with Crippen molar-refractivity contribution in [2.45, 2.75) is 30.9 Å². The van der Waals surface area contributed by atoms with Gasteiger partial charge in [0.1, 0.15) is 11.3 Å². The molecule has 0 aromatic heterocycles. The predicted octanol–water partition coefficient (Wildman–Crippen LogP) is 1.89. The van der Waals surface area contributed by atoms with Crippen molar-refractivity contribution in [2.75, 3.05) is 7.11 Å². The Morgan fingerprint density at radius 2 is 2.38 bits per heavy atom. The van der Waals surface area contributed by atoms with Crippen molar-refractivity contribution in [3.8, 4) is 5.75 Å². The minimum Gasteiger partial charge on any atom is -0.497 e. The molecule has 0 amide bonds. The van der Waals surface area contributed by atoms with E-state index in [9.17, 15) is 5.11 Å². The highest BCUT2D eigenvalue weighted by Gasteiger charge is 2.53. The van der Waals surface area contributed by atoms with Crippen LogP contribution in [0, 0.1) is 0 Å². The van der Waals surface area contributed by atoms with Crippen molar-refractivity contribution >= 4 is 5.71 Å². The highest BCUT2D eigenvalue weighted by atomic mass is 16.5. The van der Waals surface area contributed by atoms with Gasteiger partial charge in [-0.1, -0.05) is 12.1 Å². The third-order valence-corrected chi connectivity index (χ3v) is 3.56. The average Bonchev–Trinajstić information content (AvgIpc) is 3.07. The Balaban J connectivity index is 1.93. The molecule has 1 aliphatic heterocycles. The number of methoxy groups -OCH3 is 1. The Hall–Kier alpha value is -1.35. The number of aliphatic hydroxyl groups is 1. The van der Waals surface area contributed by atoms with E-state index in [1.807, 2.05) is 18.2 Å². The first kappa shape index (κ1) is 9.85. The summed E-state index contributed by atoms with van der Waals surface area (Å²) in [5.74, 6) is 0.855. The quantitative estimate of drug-likeness (QED) is 0.822. The zero-order valence-corrected chi connectivity index (χ0v) is 9.31. The fourth-order valence-corrected chi connectivity index (χ4v) is 2.64. The summed E-state index contributed by atoms with van der Waals surface area (Å²) >= 11 is 0. The molecule has 1 fully saturated rings. The number of hydrogen-bond donors (Lipinski definition) is 1. The van der Waals surface area contributed by atoms with Crippen LogP contribution in [0.5, 0.6) is 5.75 Å². The SMILES string of the molecule is COc1cccc(C23CCCC(O)C2=N3)c1. The van der Waals surface area contributed by atoms with Crippen LogP contribution in [0.3, 0.4) is 0 Å². The van der Waals surface area contributed by atoms with Gasteiger partial charge in [0.05, 0.1) is 18.9 Å². The van der Waals surface area contributed by atoms with Gasteiger partial charge in [-0.2, -0.15) is 0 Å². The number of aliphatic hydroxyl groups excluding tert-OH is 1. The van der Waals surface area contributed by atoms with E-state index in [0.717, 1.165) is 36.3 Å². The number of rotatable bonds is 2. The van der Waals surface area contributed by atoms with Crippen molar-refractivity contribution in [1.29, 1.82) is 0 Å². The third kappa shape index (κ3) is 1.28. The standard InChI is InChI=1S/C13H15NO2/c1-16-10-5-2-4-9(8-10)13-7-3-6-11(15)12(13)14-13/h2,4-5,8,11,15H,3,6-7H2,1H3. The van der Waals surface area contributed by atoms with Crippen molar-refractivity contribution in [3.63, 3.8) is 0 Å². The highest BCUT2D eigenvalue weighted by Crippen LogP contribution is 2.49. The summed E-state index contributed by atoms with van der Waals surface area (Å²) < 4.78 is 5.22. The fraction of sp³-hybridized carbons (Fsp3) is 0.462. The summed E-state index contributed by atoms with van der Waals surface area (Å²) in [6, 6.07) is 8.00. The molecule has 3 nitrogen and oxygen atoms in total. The molecule has 1 aliphatic carbocycles. The third-order valence-electron chi connectivity index (χ3n) is 3.56. The van der Waals surface area contributed by atoms with Gasteiger partial charge in [0.15, 0.2) is 0 Å². The Bertz CT molecular complexity index is 455. The van der Waals surface area contributed by atoms with Crippen LogP contribution >= 0.6 is 0 Å². The molecule has 16 heavy (non-hydrogen) atoms. The minimum absolute atomic E-state index is 0.188. The maximum atomic E-state index is 9.81. The molecule has 2 aliphatic rings. The summed E-state index contributed by atoms with van der Waals surface area (Å²) in [5, 5.41) is 9.81. The topological polar surface area (TPSA) is 41.8 Å². The van der Waals surface area contributed by atoms with Gasteiger partial charge in [0.2, 0.25) is 0 Å². The zero-order chi connectivity index (χ0) is 11.2. The summed E-state index contributed by atoms with van der Waals surface area (Å²) in [6.45, 7) is 0. The first-order chi connectivity index (χ1) is 7.76. The second-order valence-corrected chi connectivity index (χ2v) is 4.50. The smallest absolute Gasteiger partial charge is 0.126 e. The molecule has 3 heteroatoms. The maximum absolute atomic E-state index is 9.81. The summed E-state index contributed by atoms with van der Waals surface area (Å²) in [4.78, 5) is 4.52. The van der Waals surface area contributed by atoms with E-state index in [1.54, 1.807) is 7.11 Å². The van der Waals surface area contributed by atoms with Gasteiger partial charge in [-0.25, -0.2) is 0 Å². The van der Waals surface area contributed by atoms with Gasteiger partial charge >= 0.3 is 0 Å². The van der Waals surface area contributed by atoms with Crippen molar-refractivity contribution in [3.05, 3.63) is 29.8 Å². The number of aliphatic imine (C=N–C) groups is 1. The molecule has 3 rings (SSSR count). The Kier molecular flexibility index (Phi) is 2.04. The Labute approximate surface area is 94.8 Å². The first-order valence-electron chi connectivity index (χ1n) is 5.69. The number of hydrogen-bond acceptors (Lipinski definition) is 3. The molecule has 1 aromatic carbocycles. The lowest BCUT2D eigenvalue weighted by Gasteiger charge is -2.23. The molecular formula is C13H15NO2. The van der Waals surface area contributed by atoms with Crippen LogP contribution in [0.1, 0.15) is 24.8 Å². The number of fused-ring (bicyclic) bond motifs is 1. The molecule has 0 bridgehead atoms. The lowest BCUT2D eigenvalue weighted by atomic mass is 9.81. The van der Waals surface area contributed by atoms with Crippen LogP contribution in [0.2, 0.25) is 0 Å². The average molecular weight is 217 g/mol. The number of benzene rings is 1. The lowest BCUT2D eigenvalue weighted by molar-refractivity contribution is 0.214.